The van der Waals surface area contributed by atoms with E-state index < -0.39 is 0 Å². The second kappa shape index (κ2) is 13.5. The Morgan fingerprint density at radius 2 is 1.58 bits per heavy atom. The molecule has 0 saturated heterocycles. The zero-order valence-electron chi connectivity index (χ0n) is 13.9. The fourth-order valence-corrected chi connectivity index (χ4v) is 2.28. The van der Waals surface area contributed by atoms with Crippen LogP contribution in [0.25, 0.3) is 5.57 Å². The van der Waals surface area contributed by atoms with Crippen LogP contribution in [-0.4, -0.2) is 5.11 Å². The van der Waals surface area contributed by atoms with Crippen molar-refractivity contribution in [2.24, 2.45) is 0 Å². The number of rotatable bonds is 2. The molecular formula is C20H21Cl2OTi. The topological polar surface area (TPSA) is 20.2 Å². The van der Waals surface area contributed by atoms with E-state index in [1.54, 1.807) is 0 Å². The molecule has 0 spiro atoms. The summed E-state index contributed by atoms with van der Waals surface area (Å²) in [6.45, 7) is 4.50. The van der Waals surface area contributed by atoms with Gasteiger partial charge in [0.1, 0.15) is 0 Å². The van der Waals surface area contributed by atoms with E-state index in [1.165, 1.54) is 22.3 Å². The number of allylic oxidation sites excluding steroid dienone is 4. The molecule has 0 heterocycles. The minimum Gasteiger partial charge on any atom is -1.00 e. The second-order valence-corrected chi connectivity index (χ2v) is 5.11. The number of halogens is 2. The van der Waals surface area contributed by atoms with Crippen molar-refractivity contribution in [1.82, 2.24) is 0 Å². The number of hydrogen-bond donors (Lipinski definition) is 1. The van der Waals surface area contributed by atoms with Crippen molar-refractivity contribution in [2.75, 3.05) is 0 Å². The molecule has 0 aliphatic heterocycles. The van der Waals surface area contributed by atoms with Crippen LogP contribution in [0.1, 0.15) is 31.4 Å². The Balaban J connectivity index is 0. The Kier molecular flexibility index (Phi) is 14.3. The first-order valence-electron chi connectivity index (χ1n) is 7.21. The van der Waals surface area contributed by atoms with Gasteiger partial charge < -0.3 is 29.9 Å². The zero-order chi connectivity index (χ0) is 15.1. The molecule has 1 radical (unpaired) electrons. The molecule has 0 bridgehead atoms. The van der Waals surface area contributed by atoms with E-state index in [2.05, 4.69) is 38.1 Å². The first kappa shape index (κ1) is 25.4. The second-order valence-electron chi connectivity index (χ2n) is 5.11. The third-order valence-electron chi connectivity index (χ3n) is 3.72. The molecule has 2 aromatic rings. The van der Waals surface area contributed by atoms with Gasteiger partial charge in [0.2, 0.25) is 0 Å². The maximum Gasteiger partial charge on any atom is 3.00 e. The van der Waals surface area contributed by atoms with Gasteiger partial charge in [-0.2, -0.15) is 0 Å². The van der Waals surface area contributed by atoms with Crippen molar-refractivity contribution in [3.63, 3.8) is 0 Å². The van der Waals surface area contributed by atoms with E-state index in [0.717, 1.165) is 12.0 Å². The maximum absolute atomic E-state index is 8.54. The molecular weight excluding hydrogens is 375 g/mol. The van der Waals surface area contributed by atoms with E-state index in [4.69, 9.17) is 5.11 Å². The summed E-state index contributed by atoms with van der Waals surface area (Å²) in [6, 6.07) is 21.0. The van der Waals surface area contributed by atoms with Gasteiger partial charge in [-0.05, 0) is 25.8 Å². The summed E-state index contributed by atoms with van der Waals surface area (Å²) in [7, 11) is 0. The molecule has 0 saturated carbocycles. The Morgan fingerprint density at radius 3 is 2.00 bits per heavy atom. The minimum atomic E-state index is 0. The zero-order valence-corrected chi connectivity index (χ0v) is 17.0. The van der Waals surface area contributed by atoms with Gasteiger partial charge in [-0.25, -0.2) is 0 Å². The van der Waals surface area contributed by atoms with E-state index in [-0.39, 0.29) is 53.1 Å². The fraction of sp³-hybridized carbons (Fsp3) is 0.200. The van der Waals surface area contributed by atoms with Crippen LogP contribution in [0.2, 0.25) is 0 Å². The summed E-state index contributed by atoms with van der Waals surface area (Å²) in [4.78, 5) is 0. The average molecular weight is 396 g/mol. The first-order valence-corrected chi connectivity index (χ1v) is 7.21. The number of hydrogen-bond acceptors (Lipinski definition) is 1. The fourth-order valence-electron chi connectivity index (χ4n) is 2.28. The van der Waals surface area contributed by atoms with Crippen molar-refractivity contribution < 1.29 is 51.6 Å². The Hall–Kier alpha value is -0.826. The standard InChI is InChI=1S/C13H13.C7H8O.2ClH.Ti/c1-10-8-9-13(11(10)2)12-6-4-3-5-7-12;8-6-7-4-2-1-3-5-7;;;/h3-6,8H,9H2,1-2H3;1-5,8H,6H2;2*1H;/q-1;;;;+3/p-2. The molecule has 0 aromatic heterocycles. The third kappa shape index (κ3) is 7.38. The van der Waals surface area contributed by atoms with Gasteiger partial charge in [0, 0.05) is 0 Å². The molecule has 2 aromatic carbocycles. The predicted octanol–water partition coefficient (Wildman–Crippen LogP) is -1.21. The SMILES string of the molecule is CC1=CCC(c2[c-]cccc2)=C1C.OCc1ccccc1.[Cl-].[Cl-].[Ti+3]. The first-order chi connectivity index (χ1) is 10.2. The summed E-state index contributed by atoms with van der Waals surface area (Å²) in [5.74, 6) is 0. The van der Waals surface area contributed by atoms with Crippen molar-refractivity contribution >= 4 is 5.57 Å². The van der Waals surface area contributed by atoms with Gasteiger partial charge in [0.05, 0.1) is 6.61 Å². The summed E-state index contributed by atoms with van der Waals surface area (Å²) in [5.41, 5.74) is 6.47. The van der Waals surface area contributed by atoms with Crippen molar-refractivity contribution in [2.45, 2.75) is 26.9 Å². The number of aliphatic hydroxyl groups is 1. The van der Waals surface area contributed by atoms with Crippen LogP contribution in [0, 0.1) is 6.07 Å². The van der Waals surface area contributed by atoms with Gasteiger partial charge >= 0.3 is 21.7 Å². The van der Waals surface area contributed by atoms with E-state index in [9.17, 15) is 0 Å². The van der Waals surface area contributed by atoms with Gasteiger partial charge in [-0.15, -0.1) is 41.5 Å². The van der Waals surface area contributed by atoms with E-state index in [1.807, 2.05) is 42.5 Å². The van der Waals surface area contributed by atoms with Gasteiger partial charge in [-0.1, -0.05) is 47.6 Å². The molecule has 125 valence electrons. The van der Waals surface area contributed by atoms with Crippen molar-refractivity contribution in [1.29, 1.82) is 0 Å². The Bertz CT molecular complexity index is 637. The summed E-state index contributed by atoms with van der Waals surface area (Å²) in [5, 5.41) is 8.54. The monoisotopic (exact) mass is 395 g/mol. The van der Waals surface area contributed by atoms with E-state index in [0.29, 0.717) is 0 Å². The van der Waals surface area contributed by atoms with Gasteiger partial charge in [-0.3, -0.25) is 0 Å². The molecule has 3 rings (SSSR count). The molecule has 1 nitrogen and oxygen atoms in total. The van der Waals surface area contributed by atoms with Crippen LogP contribution in [0.3, 0.4) is 0 Å². The predicted molar refractivity (Wildman–Crippen MR) is 88.6 cm³/mol. The van der Waals surface area contributed by atoms with Crippen LogP contribution in [0.4, 0.5) is 0 Å². The smallest absolute Gasteiger partial charge is 1.00 e. The summed E-state index contributed by atoms with van der Waals surface area (Å²) in [6.07, 6.45) is 3.35. The third-order valence-corrected chi connectivity index (χ3v) is 3.72. The Labute approximate surface area is 172 Å². The largest absolute Gasteiger partial charge is 3.00 e. The van der Waals surface area contributed by atoms with Crippen molar-refractivity contribution in [3.05, 3.63) is 89.0 Å². The normalized spacial score (nSPS) is 11.9. The minimum absolute atomic E-state index is 0. The quantitative estimate of drug-likeness (QED) is 0.500. The van der Waals surface area contributed by atoms with Crippen molar-refractivity contribution in [3.8, 4) is 0 Å². The van der Waals surface area contributed by atoms with Crippen LogP contribution < -0.4 is 24.8 Å². The van der Waals surface area contributed by atoms with Crippen LogP contribution in [0.15, 0.2) is 71.8 Å². The number of aliphatic hydroxyl groups excluding tert-OH is 1. The molecule has 1 aliphatic carbocycles. The van der Waals surface area contributed by atoms with Crippen LogP contribution in [0.5, 0.6) is 0 Å². The number of benzene rings is 2. The van der Waals surface area contributed by atoms with Gasteiger partial charge in [0.15, 0.2) is 0 Å². The van der Waals surface area contributed by atoms with Crippen LogP contribution in [-0.2, 0) is 28.3 Å². The molecule has 0 atom stereocenters. The van der Waals surface area contributed by atoms with Crippen LogP contribution >= 0.6 is 0 Å². The molecule has 4 heteroatoms. The molecule has 1 aliphatic rings. The summed E-state index contributed by atoms with van der Waals surface area (Å²) >= 11 is 0. The molecule has 24 heavy (non-hydrogen) atoms. The average Bonchev–Trinajstić information content (AvgIpc) is 2.89. The molecule has 0 fully saturated rings. The van der Waals surface area contributed by atoms with Gasteiger partial charge in [0.25, 0.3) is 0 Å². The Morgan fingerprint density at radius 1 is 0.958 bits per heavy atom. The molecule has 0 unspecified atom stereocenters. The molecule has 0 amide bonds. The van der Waals surface area contributed by atoms with E-state index >= 15 is 0 Å². The summed E-state index contributed by atoms with van der Waals surface area (Å²) < 4.78 is 0. The maximum atomic E-state index is 8.54. The molecule has 1 N–H and O–H groups in total.